The molecule has 0 spiro atoms. The van der Waals surface area contributed by atoms with Gasteiger partial charge in [-0.1, -0.05) is 12.1 Å². The van der Waals surface area contributed by atoms with Gasteiger partial charge in [0.05, 0.1) is 5.39 Å². The fraction of sp³-hybridized carbons (Fsp3) is 0.0625. The molecule has 100 valence electrons. The van der Waals surface area contributed by atoms with Gasteiger partial charge in [-0.2, -0.15) is 0 Å². The Labute approximate surface area is 115 Å². The minimum Gasteiger partial charge on any atom is -0.508 e. The average molecular weight is 267 g/mol. The lowest BCUT2D eigenvalue weighted by Crippen LogP contribution is -2.07. The number of hydrogen-bond acceptors (Lipinski definition) is 4. The number of rotatable bonds is 2. The van der Waals surface area contributed by atoms with Crippen molar-refractivity contribution in [2.24, 2.45) is 0 Å². The van der Waals surface area contributed by atoms with Crippen LogP contribution in [0.25, 0.3) is 11.0 Å². The molecule has 0 radical (unpaired) electrons. The monoisotopic (exact) mass is 267 g/mol. The summed E-state index contributed by atoms with van der Waals surface area (Å²) in [5.41, 5.74) is 2.51. The van der Waals surface area contributed by atoms with Crippen LogP contribution in [0.1, 0.15) is 5.56 Å². The van der Waals surface area contributed by atoms with Crippen molar-refractivity contribution >= 4 is 22.3 Å². The van der Waals surface area contributed by atoms with Crippen molar-refractivity contribution in [3.05, 3.63) is 64.5 Å². The molecule has 0 saturated carbocycles. The molecule has 0 amide bonds. The molecular weight excluding hydrogens is 254 g/mol. The van der Waals surface area contributed by atoms with Crippen LogP contribution in [0.5, 0.6) is 5.75 Å². The van der Waals surface area contributed by atoms with E-state index in [-0.39, 0.29) is 11.2 Å². The number of aromatic hydroxyl groups is 1. The Morgan fingerprint density at radius 2 is 2.00 bits per heavy atom. The molecule has 3 aromatic rings. The fourth-order valence-corrected chi connectivity index (χ4v) is 2.08. The molecule has 2 N–H and O–H groups in total. The highest BCUT2D eigenvalue weighted by atomic mass is 16.3. The summed E-state index contributed by atoms with van der Waals surface area (Å²) in [6.45, 7) is 1.98. The van der Waals surface area contributed by atoms with Crippen molar-refractivity contribution in [1.82, 2.24) is 0 Å². The number of anilines is 2. The lowest BCUT2D eigenvalue weighted by atomic mass is 10.2. The zero-order valence-electron chi connectivity index (χ0n) is 10.9. The molecule has 3 rings (SSSR count). The predicted molar refractivity (Wildman–Crippen MR) is 78.6 cm³/mol. The predicted octanol–water partition coefficient (Wildman–Crippen LogP) is 3.55. The topological polar surface area (TPSA) is 62.5 Å². The second kappa shape index (κ2) is 4.74. The largest absolute Gasteiger partial charge is 0.508 e. The lowest BCUT2D eigenvalue weighted by molar-refractivity contribution is 0.474. The van der Waals surface area contributed by atoms with E-state index >= 15 is 0 Å². The Morgan fingerprint density at radius 1 is 1.15 bits per heavy atom. The first kappa shape index (κ1) is 12.3. The van der Waals surface area contributed by atoms with Crippen LogP contribution in [0.2, 0.25) is 0 Å². The van der Waals surface area contributed by atoms with E-state index in [0.717, 1.165) is 11.3 Å². The van der Waals surface area contributed by atoms with Gasteiger partial charge in [0.15, 0.2) is 0 Å². The van der Waals surface area contributed by atoms with Crippen LogP contribution < -0.4 is 10.7 Å². The molecule has 20 heavy (non-hydrogen) atoms. The van der Waals surface area contributed by atoms with Gasteiger partial charge in [0.25, 0.3) is 0 Å². The maximum atomic E-state index is 12.3. The molecule has 1 heterocycles. The summed E-state index contributed by atoms with van der Waals surface area (Å²) >= 11 is 0. The van der Waals surface area contributed by atoms with Crippen LogP contribution in [0.3, 0.4) is 0 Å². The van der Waals surface area contributed by atoms with E-state index in [1.54, 1.807) is 6.07 Å². The summed E-state index contributed by atoms with van der Waals surface area (Å²) in [5.74, 6) is 0.0695. The zero-order valence-corrected chi connectivity index (χ0v) is 10.9. The van der Waals surface area contributed by atoms with Crippen molar-refractivity contribution in [2.45, 2.75) is 6.92 Å². The summed E-state index contributed by atoms with van der Waals surface area (Å²) in [4.78, 5) is 12.3. The van der Waals surface area contributed by atoms with E-state index in [1.807, 2.05) is 31.2 Å². The second-order valence-corrected chi connectivity index (χ2v) is 4.65. The van der Waals surface area contributed by atoms with Gasteiger partial charge < -0.3 is 14.8 Å². The van der Waals surface area contributed by atoms with Gasteiger partial charge >= 0.3 is 0 Å². The van der Waals surface area contributed by atoms with E-state index in [4.69, 9.17) is 4.42 Å². The Hall–Kier alpha value is -2.75. The highest BCUT2D eigenvalue weighted by Crippen LogP contribution is 2.21. The standard InChI is InChI=1S/C16H13NO3/c1-10-3-2-4-11(7-10)17-14-9-20-15-8-12(18)5-6-13(15)16(14)19/h2-9,17-18H,1H3. The van der Waals surface area contributed by atoms with Crippen LogP contribution in [-0.2, 0) is 0 Å². The summed E-state index contributed by atoms with van der Waals surface area (Å²) in [5, 5.41) is 12.9. The van der Waals surface area contributed by atoms with Crippen LogP contribution in [0.15, 0.2) is 57.9 Å². The molecule has 0 atom stereocenters. The molecule has 2 aromatic carbocycles. The Morgan fingerprint density at radius 3 is 2.80 bits per heavy atom. The zero-order chi connectivity index (χ0) is 14.1. The SMILES string of the molecule is Cc1cccc(Nc2coc3cc(O)ccc3c2=O)c1. The van der Waals surface area contributed by atoms with E-state index in [1.165, 1.54) is 18.4 Å². The van der Waals surface area contributed by atoms with E-state index < -0.39 is 0 Å². The number of benzene rings is 2. The van der Waals surface area contributed by atoms with Crippen LogP contribution in [0.4, 0.5) is 11.4 Å². The third-order valence-corrected chi connectivity index (χ3v) is 3.06. The summed E-state index contributed by atoms with van der Waals surface area (Å²) in [7, 11) is 0. The first-order valence-corrected chi connectivity index (χ1v) is 6.22. The number of aryl methyl sites for hydroxylation is 1. The minimum atomic E-state index is -0.159. The number of phenols is 1. The molecule has 0 fully saturated rings. The molecule has 4 nitrogen and oxygen atoms in total. The van der Waals surface area contributed by atoms with Crippen LogP contribution in [0, 0.1) is 6.92 Å². The number of nitrogens with one attached hydrogen (secondary N) is 1. The number of fused-ring (bicyclic) bond motifs is 1. The van der Waals surface area contributed by atoms with Crippen molar-refractivity contribution in [1.29, 1.82) is 0 Å². The van der Waals surface area contributed by atoms with Gasteiger partial charge in [-0.3, -0.25) is 4.79 Å². The highest BCUT2D eigenvalue weighted by molar-refractivity contribution is 5.81. The third-order valence-electron chi connectivity index (χ3n) is 3.06. The van der Waals surface area contributed by atoms with Crippen LogP contribution in [-0.4, -0.2) is 5.11 Å². The normalized spacial score (nSPS) is 10.7. The molecule has 1 aromatic heterocycles. The second-order valence-electron chi connectivity index (χ2n) is 4.65. The van der Waals surface area contributed by atoms with E-state index in [0.29, 0.717) is 16.7 Å². The summed E-state index contributed by atoms with van der Waals surface area (Å²) < 4.78 is 5.38. The smallest absolute Gasteiger partial charge is 0.216 e. The first-order valence-electron chi connectivity index (χ1n) is 6.22. The van der Waals surface area contributed by atoms with Gasteiger partial charge in [0, 0.05) is 11.8 Å². The van der Waals surface area contributed by atoms with E-state index in [9.17, 15) is 9.90 Å². The van der Waals surface area contributed by atoms with Gasteiger partial charge in [0.2, 0.25) is 5.43 Å². The molecule has 4 heteroatoms. The van der Waals surface area contributed by atoms with E-state index in [2.05, 4.69) is 5.32 Å². The molecule has 0 aliphatic rings. The van der Waals surface area contributed by atoms with Crippen molar-refractivity contribution < 1.29 is 9.52 Å². The quantitative estimate of drug-likeness (QED) is 0.745. The van der Waals surface area contributed by atoms with Gasteiger partial charge in [-0.25, -0.2) is 0 Å². The van der Waals surface area contributed by atoms with Gasteiger partial charge in [-0.15, -0.1) is 0 Å². The maximum Gasteiger partial charge on any atom is 0.216 e. The molecule has 0 saturated heterocycles. The summed E-state index contributed by atoms with van der Waals surface area (Å²) in [6.07, 6.45) is 1.37. The van der Waals surface area contributed by atoms with Gasteiger partial charge in [0.1, 0.15) is 23.3 Å². The number of phenolic OH excluding ortho intramolecular Hbond substituents is 1. The molecule has 0 bridgehead atoms. The van der Waals surface area contributed by atoms with Crippen molar-refractivity contribution in [3.8, 4) is 5.75 Å². The van der Waals surface area contributed by atoms with Crippen LogP contribution >= 0.6 is 0 Å². The lowest BCUT2D eigenvalue weighted by Gasteiger charge is -2.07. The molecule has 0 aliphatic carbocycles. The Balaban J connectivity index is 2.07. The van der Waals surface area contributed by atoms with Crippen molar-refractivity contribution in [2.75, 3.05) is 5.32 Å². The molecule has 0 aliphatic heterocycles. The summed E-state index contributed by atoms with van der Waals surface area (Å²) in [6, 6.07) is 12.2. The highest BCUT2D eigenvalue weighted by Gasteiger charge is 2.07. The Bertz CT molecular complexity index is 836. The number of hydrogen-bond donors (Lipinski definition) is 2. The first-order chi connectivity index (χ1) is 9.63. The van der Waals surface area contributed by atoms with Crippen molar-refractivity contribution in [3.63, 3.8) is 0 Å². The minimum absolute atomic E-state index is 0.0695. The maximum absolute atomic E-state index is 12.3. The fourth-order valence-electron chi connectivity index (χ4n) is 2.08. The molecular formula is C16H13NO3. The van der Waals surface area contributed by atoms with Gasteiger partial charge in [-0.05, 0) is 36.8 Å². The third kappa shape index (κ3) is 2.23. The molecule has 0 unspecified atom stereocenters. The average Bonchev–Trinajstić information content (AvgIpc) is 2.42. The Kier molecular flexibility index (Phi) is 2.91.